The van der Waals surface area contributed by atoms with Gasteiger partial charge in [0.15, 0.2) is 6.29 Å². The Labute approximate surface area is 95.0 Å². The van der Waals surface area contributed by atoms with Crippen LogP contribution in [0.5, 0.6) is 5.75 Å². The number of carbonyl (C=O) groups excluding carboxylic acids is 1. The van der Waals surface area contributed by atoms with Gasteiger partial charge in [-0.2, -0.15) is 0 Å². The van der Waals surface area contributed by atoms with Crippen LogP contribution in [0.4, 0.5) is 0 Å². The Balaban J connectivity index is 2.22. The first-order valence-electron chi connectivity index (χ1n) is 5.62. The van der Waals surface area contributed by atoms with Crippen LogP contribution in [0.25, 0.3) is 0 Å². The van der Waals surface area contributed by atoms with E-state index >= 15 is 0 Å². The Morgan fingerprint density at radius 2 is 2.25 bits per heavy atom. The first kappa shape index (κ1) is 11.1. The maximum atomic E-state index is 10.9. The highest BCUT2D eigenvalue weighted by Crippen LogP contribution is 2.28. The predicted octanol–water partition coefficient (Wildman–Crippen LogP) is 2.10. The van der Waals surface area contributed by atoms with Gasteiger partial charge < -0.3 is 9.84 Å². The van der Waals surface area contributed by atoms with E-state index in [-0.39, 0.29) is 6.10 Å². The van der Waals surface area contributed by atoms with E-state index in [0.29, 0.717) is 11.3 Å². The van der Waals surface area contributed by atoms with Gasteiger partial charge in [0.2, 0.25) is 0 Å². The maximum absolute atomic E-state index is 10.9. The lowest BCUT2D eigenvalue weighted by Gasteiger charge is -2.19. The highest BCUT2D eigenvalue weighted by Gasteiger charge is 2.27. The van der Waals surface area contributed by atoms with Gasteiger partial charge in [-0.05, 0) is 37.8 Å². The monoisotopic (exact) mass is 220 g/mol. The molecule has 2 rings (SSSR count). The van der Waals surface area contributed by atoms with Gasteiger partial charge in [-0.15, -0.1) is 0 Å². The van der Waals surface area contributed by atoms with Gasteiger partial charge in [-0.3, -0.25) is 4.79 Å². The molecular formula is C13H16O3. The van der Waals surface area contributed by atoms with Crippen molar-refractivity contribution < 1.29 is 14.6 Å². The van der Waals surface area contributed by atoms with Crippen LogP contribution in [0.2, 0.25) is 0 Å². The van der Waals surface area contributed by atoms with Crippen molar-refractivity contribution in [1.29, 1.82) is 0 Å². The second-order valence-electron chi connectivity index (χ2n) is 4.27. The molecule has 1 N–H and O–H groups in total. The number of para-hydroxylation sites is 1. The summed E-state index contributed by atoms with van der Waals surface area (Å²) >= 11 is 0. The zero-order valence-electron chi connectivity index (χ0n) is 9.35. The smallest absolute Gasteiger partial charge is 0.153 e. The summed E-state index contributed by atoms with van der Waals surface area (Å²) < 4.78 is 5.76. The molecule has 0 spiro atoms. The molecule has 1 saturated carbocycles. The van der Waals surface area contributed by atoms with E-state index in [1.807, 2.05) is 19.1 Å². The van der Waals surface area contributed by atoms with Gasteiger partial charge in [0.05, 0.1) is 11.7 Å². The zero-order chi connectivity index (χ0) is 11.5. The molecule has 0 radical (unpaired) electrons. The van der Waals surface area contributed by atoms with Crippen molar-refractivity contribution in [2.45, 2.75) is 38.4 Å². The minimum atomic E-state index is -0.404. The number of aryl methyl sites for hydroxylation is 1. The summed E-state index contributed by atoms with van der Waals surface area (Å²) in [5.74, 6) is 0.614. The first-order valence-corrected chi connectivity index (χ1v) is 5.62. The molecule has 1 fully saturated rings. The topological polar surface area (TPSA) is 46.5 Å². The van der Waals surface area contributed by atoms with Crippen LogP contribution in [0.3, 0.4) is 0 Å². The van der Waals surface area contributed by atoms with Crippen molar-refractivity contribution in [3.8, 4) is 5.75 Å². The molecule has 1 aliphatic rings. The predicted molar refractivity (Wildman–Crippen MR) is 60.8 cm³/mol. The molecule has 3 heteroatoms. The Morgan fingerprint density at radius 1 is 1.44 bits per heavy atom. The molecule has 1 aromatic carbocycles. The molecule has 2 unspecified atom stereocenters. The highest BCUT2D eigenvalue weighted by atomic mass is 16.5. The summed E-state index contributed by atoms with van der Waals surface area (Å²) in [6.45, 7) is 1.91. The van der Waals surface area contributed by atoms with E-state index in [2.05, 4.69) is 0 Å². The molecule has 0 aromatic heterocycles. The minimum Gasteiger partial charge on any atom is -0.487 e. The van der Waals surface area contributed by atoms with Crippen molar-refractivity contribution in [2.75, 3.05) is 0 Å². The van der Waals surface area contributed by atoms with E-state index in [1.54, 1.807) is 6.07 Å². The number of benzene rings is 1. The standard InChI is InChI=1S/C13H16O3/c1-9-4-2-5-10(8-14)13(9)16-12-7-3-6-11(12)15/h2,4-5,8,11-12,15H,3,6-7H2,1H3. The first-order chi connectivity index (χ1) is 7.72. The maximum Gasteiger partial charge on any atom is 0.153 e. The molecule has 0 amide bonds. The summed E-state index contributed by atoms with van der Waals surface area (Å²) in [7, 11) is 0. The molecule has 0 bridgehead atoms. The summed E-state index contributed by atoms with van der Waals surface area (Å²) in [4.78, 5) is 10.9. The van der Waals surface area contributed by atoms with Gasteiger partial charge in [-0.25, -0.2) is 0 Å². The summed E-state index contributed by atoms with van der Waals surface area (Å²) in [6, 6.07) is 5.47. The fourth-order valence-corrected chi connectivity index (χ4v) is 2.12. The Morgan fingerprint density at radius 3 is 2.88 bits per heavy atom. The second kappa shape index (κ2) is 4.66. The van der Waals surface area contributed by atoms with Crippen LogP contribution < -0.4 is 4.74 Å². The SMILES string of the molecule is Cc1cccc(C=O)c1OC1CCCC1O. The van der Waals surface area contributed by atoms with Crippen molar-refractivity contribution in [2.24, 2.45) is 0 Å². The fourth-order valence-electron chi connectivity index (χ4n) is 2.12. The van der Waals surface area contributed by atoms with Crippen molar-refractivity contribution in [3.05, 3.63) is 29.3 Å². The lowest BCUT2D eigenvalue weighted by Crippen LogP contribution is -2.26. The summed E-state index contributed by atoms with van der Waals surface area (Å²) in [5, 5.41) is 9.69. The number of aliphatic hydroxyl groups excluding tert-OH is 1. The molecule has 1 aromatic rings. The molecule has 0 heterocycles. The lowest BCUT2D eigenvalue weighted by atomic mass is 10.1. The average Bonchev–Trinajstić information content (AvgIpc) is 2.67. The number of hydrogen-bond acceptors (Lipinski definition) is 3. The number of ether oxygens (including phenoxy) is 1. The Bertz CT molecular complexity index is 387. The van der Waals surface area contributed by atoms with Crippen molar-refractivity contribution >= 4 is 6.29 Å². The van der Waals surface area contributed by atoms with Crippen LogP contribution in [-0.4, -0.2) is 23.6 Å². The Hall–Kier alpha value is -1.35. The number of rotatable bonds is 3. The van der Waals surface area contributed by atoms with E-state index in [1.165, 1.54) is 0 Å². The van der Waals surface area contributed by atoms with Gasteiger partial charge in [0.1, 0.15) is 11.9 Å². The van der Waals surface area contributed by atoms with Crippen LogP contribution in [0.1, 0.15) is 35.2 Å². The van der Waals surface area contributed by atoms with E-state index in [4.69, 9.17) is 4.74 Å². The molecule has 86 valence electrons. The molecular weight excluding hydrogens is 204 g/mol. The number of aliphatic hydroxyl groups is 1. The quantitative estimate of drug-likeness (QED) is 0.793. The summed E-state index contributed by atoms with van der Waals surface area (Å²) in [5.41, 5.74) is 1.49. The molecule has 0 aliphatic heterocycles. The molecule has 2 atom stereocenters. The fraction of sp³-hybridized carbons (Fsp3) is 0.462. The van der Waals surface area contributed by atoms with E-state index in [0.717, 1.165) is 31.1 Å². The van der Waals surface area contributed by atoms with E-state index in [9.17, 15) is 9.90 Å². The molecule has 3 nitrogen and oxygen atoms in total. The van der Waals surface area contributed by atoms with Crippen LogP contribution in [-0.2, 0) is 0 Å². The van der Waals surface area contributed by atoms with Crippen LogP contribution in [0.15, 0.2) is 18.2 Å². The Kier molecular flexibility index (Phi) is 3.25. The number of aldehydes is 1. The highest BCUT2D eigenvalue weighted by molar-refractivity contribution is 5.80. The largest absolute Gasteiger partial charge is 0.487 e. The third-order valence-corrected chi connectivity index (χ3v) is 3.06. The zero-order valence-corrected chi connectivity index (χ0v) is 9.35. The molecule has 1 aliphatic carbocycles. The molecule has 16 heavy (non-hydrogen) atoms. The summed E-state index contributed by atoms with van der Waals surface area (Å²) in [6.07, 6.45) is 2.84. The van der Waals surface area contributed by atoms with Crippen LogP contribution in [0, 0.1) is 6.92 Å². The van der Waals surface area contributed by atoms with Gasteiger partial charge in [0.25, 0.3) is 0 Å². The van der Waals surface area contributed by atoms with E-state index < -0.39 is 6.10 Å². The van der Waals surface area contributed by atoms with Gasteiger partial charge in [0, 0.05) is 0 Å². The van der Waals surface area contributed by atoms with Crippen molar-refractivity contribution in [1.82, 2.24) is 0 Å². The third kappa shape index (κ3) is 2.09. The van der Waals surface area contributed by atoms with Crippen LogP contribution >= 0.6 is 0 Å². The average molecular weight is 220 g/mol. The lowest BCUT2D eigenvalue weighted by molar-refractivity contribution is 0.0593. The number of hydrogen-bond donors (Lipinski definition) is 1. The molecule has 0 saturated heterocycles. The van der Waals surface area contributed by atoms with Gasteiger partial charge in [-0.1, -0.05) is 12.1 Å². The van der Waals surface area contributed by atoms with Crippen molar-refractivity contribution in [3.63, 3.8) is 0 Å². The minimum absolute atomic E-state index is 0.167. The van der Waals surface area contributed by atoms with Gasteiger partial charge >= 0.3 is 0 Å². The normalized spacial score (nSPS) is 24.4. The second-order valence-corrected chi connectivity index (χ2v) is 4.27. The number of carbonyl (C=O) groups is 1. The third-order valence-electron chi connectivity index (χ3n) is 3.06.